The van der Waals surface area contributed by atoms with Gasteiger partial charge in [-0.3, -0.25) is 0 Å². The lowest BCUT2D eigenvalue weighted by molar-refractivity contribution is -0.137. The Balaban J connectivity index is 0.000000227. The van der Waals surface area contributed by atoms with E-state index in [-0.39, 0.29) is 52.9 Å². The average Bonchev–Trinajstić information content (AvgIpc) is 0.905. The van der Waals surface area contributed by atoms with E-state index in [1.165, 1.54) is 55.3 Å². The standard InChI is InChI=1S/C20H25NO3.C19H23NO4.C19H23NO2.C17H16F3NO3/c1-5-6-7-15-8-10-16(11-9-15)18-12-17(23-4)13-19(21-18)20(22)24-14(2)3;1-5-10-23-15-8-6-14(7-9-15)17-11-16(22-4)12-18(20-17)19(21)24-13(2)3;1-13(2)22-18(21)17-8-6-7-16(20-17)14-9-11-15(12-10-14)19(3,4)5;1-10(2)24-16(22)15-9-13(23-3)8-14(21-15)11-4-6-12(7-5-11)17(18,19)20/h8-14H,5-7H2,1-4H3;6-9,11-13H,5,10H2,1-4H3;6-13H,1-5H3;4-10H,1-3H3. The van der Waals surface area contributed by atoms with Crippen LogP contribution >= 0.6 is 0 Å². The highest BCUT2D eigenvalue weighted by Crippen LogP contribution is 2.33. The van der Waals surface area contributed by atoms with Gasteiger partial charge in [0, 0.05) is 58.7 Å². The maximum atomic E-state index is 12.6. The number of carbonyl (C=O) groups is 4. The second-order valence-electron chi connectivity index (χ2n) is 23.6. The van der Waals surface area contributed by atoms with E-state index in [0.29, 0.717) is 52.2 Å². The molecular formula is C75H87F3N4O12. The molecule has 0 amide bonds. The predicted octanol–water partition coefficient (Wildman–Crippen LogP) is 17.7. The first-order valence-electron chi connectivity index (χ1n) is 31.1. The Morgan fingerprint density at radius 2 is 0.745 bits per heavy atom. The molecule has 0 aliphatic carbocycles. The van der Waals surface area contributed by atoms with Crippen LogP contribution in [0, 0.1) is 0 Å². The number of benzene rings is 4. The molecule has 4 heterocycles. The Morgan fingerprint density at radius 3 is 1.09 bits per heavy atom. The fourth-order valence-corrected chi connectivity index (χ4v) is 8.57. The lowest BCUT2D eigenvalue weighted by Gasteiger charge is -2.19. The van der Waals surface area contributed by atoms with Crippen LogP contribution in [0.1, 0.15) is 168 Å². The van der Waals surface area contributed by atoms with Crippen molar-refractivity contribution < 1.29 is 70.2 Å². The minimum absolute atomic E-state index is 0.0259. The van der Waals surface area contributed by atoms with Gasteiger partial charge in [0.2, 0.25) is 0 Å². The molecule has 0 saturated carbocycles. The third-order valence-corrected chi connectivity index (χ3v) is 13.3. The molecule has 500 valence electrons. The van der Waals surface area contributed by atoms with Gasteiger partial charge in [-0.2, -0.15) is 13.2 Å². The zero-order valence-electron chi connectivity index (χ0n) is 56.6. The number of carbonyl (C=O) groups excluding carboxylic acids is 4. The van der Waals surface area contributed by atoms with Crippen LogP contribution in [-0.2, 0) is 37.0 Å². The van der Waals surface area contributed by atoms with Gasteiger partial charge in [0.1, 0.15) is 28.7 Å². The van der Waals surface area contributed by atoms with Gasteiger partial charge in [-0.1, -0.05) is 108 Å². The summed E-state index contributed by atoms with van der Waals surface area (Å²) in [4.78, 5) is 65.6. The SMILES string of the molecule is CC(C)OC(=O)c1cccc(-c2ccc(C(C)(C)C)cc2)n1.CCCCc1ccc(-c2cc(OC)cc(C(=O)OC(C)C)n2)cc1.CCCOc1ccc(-c2cc(OC)cc(C(=O)OC(C)C)n2)cc1.COc1cc(C(=O)OC(C)C)nc(-c2ccc(C(F)(F)F)cc2)c1. The van der Waals surface area contributed by atoms with Crippen molar-refractivity contribution >= 4 is 23.9 Å². The maximum Gasteiger partial charge on any atom is 0.416 e. The first-order valence-corrected chi connectivity index (χ1v) is 31.1. The molecule has 0 fully saturated rings. The monoisotopic (exact) mass is 1290 g/mol. The largest absolute Gasteiger partial charge is 0.497 e. The second kappa shape index (κ2) is 36.0. The number of hydrogen-bond donors (Lipinski definition) is 0. The number of alkyl halides is 3. The van der Waals surface area contributed by atoms with E-state index in [2.05, 4.69) is 78.8 Å². The molecule has 19 heteroatoms. The number of pyridine rings is 4. The van der Waals surface area contributed by atoms with Crippen LogP contribution in [0.4, 0.5) is 13.2 Å². The summed E-state index contributed by atoms with van der Waals surface area (Å²) in [6, 6.07) is 43.8. The van der Waals surface area contributed by atoms with Crippen LogP contribution in [0.3, 0.4) is 0 Å². The third kappa shape index (κ3) is 24.1. The van der Waals surface area contributed by atoms with Crippen molar-refractivity contribution in [1.29, 1.82) is 0 Å². The highest BCUT2D eigenvalue weighted by Gasteiger charge is 2.30. The molecule has 0 bridgehead atoms. The van der Waals surface area contributed by atoms with Gasteiger partial charge < -0.3 is 37.9 Å². The molecule has 0 saturated heterocycles. The highest BCUT2D eigenvalue weighted by atomic mass is 19.4. The first-order chi connectivity index (χ1) is 44.5. The number of methoxy groups -OCH3 is 3. The summed E-state index contributed by atoms with van der Waals surface area (Å²) in [7, 11) is 4.55. The quantitative estimate of drug-likeness (QED) is 0.0486. The number of aryl methyl sites for hydroxylation is 1. The van der Waals surface area contributed by atoms with Crippen molar-refractivity contribution in [3.8, 4) is 68.0 Å². The van der Waals surface area contributed by atoms with E-state index >= 15 is 0 Å². The number of aromatic nitrogens is 4. The van der Waals surface area contributed by atoms with Crippen molar-refractivity contribution in [3.05, 3.63) is 191 Å². The molecular weight excluding hydrogens is 1210 g/mol. The number of halogens is 3. The summed E-state index contributed by atoms with van der Waals surface area (Å²) >= 11 is 0. The molecule has 0 spiro atoms. The summed E-state index contributed by atoms with van der Waals surface area (Å²) in [5, 5.41) is 0. The Bertz CT molecular complexity index is 3600. The van der Waals surface area contributed by atoms with Gasteiger partial charge in [-0.05, 0) is 140 Å². The molecule has 4 aromatic carbocycles. The fourth-order valence-electron chi connectivity index (χ4n) is 8.57. The van der Waals surface area contributed by atoms with Crippen molar-refractivity contribution in [2.24, 2.45) is 0 Å². The predicted molar refractivity (Wildman–Crippen MR) is 359 cm³/mol. The van der Waals surface area contributed by atoms with Gasteiger partial charge in [0.25, 0.3) is 0 Å². The molecule has 0 atom stereocenters. The maximum absolute atomic E-state index is 12.6. The van der Waals surface area contributed by atoms with E-state index in [4.69, 9.17) is 37.9 Å². The minimum atomic E-state index is -4.41. The van der Waals surface area contributed by atoms with Crippen LogP contribution in [0.5, 0.6) is 23.0 Å². The van der Waals surface area contributed by atoms with Gasteiger partial charge in [0.15, 0.2) is 17.1 Å². The number of esters is 4. The fraction of sp³-hybridized carbons (Fsp3) is 0.360. The zero-order chi connectivity index (χ0) is 69.3. The van der Waals surface area contributed by atoms with E-state index < -0.39 is 29.6 Å². The molecule has 0 aliphatic heterocycles. The number of nitrogens with zero attached hydrogens (tertiary/aromatic N) is 4. The van der Waals surface area contributed by atoms with Crippen molar-refractivity contribution in [1.82, 2.24) is 19.9 Å². The summed E-state index contributed by atoms with van der Waals surface area (Å²) in [6.45, 7) is 25.8. The van der Waals surface area contributed by atoms with E-state index in [1.807, 2.05) is 94.4 Å². The summed E-state index contributed by atoms with van der Waals surface area (Å²) < 4.78 is 79.9. The molecule has 16 nitrogen and oxygen atoms in total. The average molecular weight is 1290 g/mol. The van der Waals surface area contributed by atoms with Crippen molar-refractivity contribution in [3.63, 3.8) is 0 Å². The van der Waals surface area contributed by atoms with Crippen molar-refractivity contribution in [2.45, 2.75) is 152 Å². The van der Waals surface area contributed by atoms with Crippen LogP contribution in [0.15, 0.2) is 152 Å². The minimum Gasteiger partial charge on any atom is -0.497 e. The van der Waals surface area contributed by atoms with Gasteiger partial charge in [0.05, 0.1) is 80.7 Å². The number of ether oxygens (including phenoxy) is 8. The first kappa shape index (κ1) is 75.1. The molecule has 0 radical (unpaired) electrons. The highest BCUT2D eigenvalue weighted by molar-refractivity contribution is 5.90. The Hall–Kier alpha value is -9.65. The molecule has 8 aromatic rings. The van der Waals surface area contributed by atoms with Crippen LogP contribution in [-0.4, -0.2) is 96.2 Å². The van der Waals surface area contributed by atoms with Gasteiger partial charge in [-0.15, -0.1) is 0 Å². The Kier molecular flexibility index (Phi) is 28.7. The van der Waals surface area contributed by atoms with Crippen LogP contribution in [0.2, 0.25) is 0 Å². The normalized spacial score (nSPS) is 11.1. The second-order valence-corrected chi connectivity index (χ2v) is 23.6. The Morgan fingerprint density at radius 1 is 0.404 bits per heavy atom. The van der Waals surface area contributed by atoms with Crippen LogP contribution in [0.25, 0.3) is 45.0 Å². The van der Waals surface area contributed by atoms with Gasteiger partial charge >= 0.3 is 30.1 Å². The lowest BCUT2D eigenvalue weighted by atomic mass is 9.86. The Labute approximate surface area is 550 Å². The molecule has 4 aromatic heterocycles. The van der Waals surface area contributed by atoms with E-state index in [1.54, 1.807) is 66.2 Å². The topological polar surface area (TPSA) is 194 Å². The van der Waals surface area contributed by atoms with Gasteiger partial charge in [-0.25, -0.2) is 39.1 Å². The van der Waals surface area contributed by atoms with E-state index in [9.17, 15) is 32.3 Å². The molecule has 0 unspecified atom stereocenters. The van der Waals surface area contributed by atoms with Crippen molar-refractivity contribution in [2.75, 3.05) is 27.9 Å². The number of unbranched alkanes of at least 4 members (excludes halogenated alkanes) is 1. The molecule has 8 rings (SSSR count). The molecule has 0 N–H and O–H groups in total. The number of rotatable bonds is 21. The molecule has 0 aliphatic rings. The summed E-state index contributed by atoms with van der Waals surface area (Å²) in [5.41, 5.74) is 8.48. The van der Waals surface area contributed by atoms with E-state index in [0.717, 1.165) is 53.1 Å². The zero-order valence-corrected chi connectivity index (χ0v) is 56.6. The molecule has 94 heavy (non-hydrogen) atoms. The lowest BCUT2D eigenvalue weighted by Crippen LogP contribution is -2.13. The summed E-state index contributed by atoms with van der Waals surface area (Å²) in [6.07, 6.45) is -0.871. The number of hydrogen-bond acceptors (Lipinski definition) is 16. The van der Waals surface area contributed by atoms with Crippen LogP contribution < -0.4 is 18.9 Å². The summed E-state index contributed by atoms with van der Waals surface area (Å²) in [5.74, 6) is 0.393. The third-order valence-electron chi connectivity index (χ3n) is 13.3. The smallest absolute Gasteiger partial charge is 0.416 e.